The van der Waals surface area contributed by atoms with Crippen LogP contribution >= 0.6 is 11.8 Å². The highest BCUT2D eigenvalue weighted by molar-refractivity contribution is 7.99. The second-order valence-electron chi connectivity index (χ2n) is 7.27. The quantitative estimate of drug-likeness (QED) is 0.761. The second kappa shape index (κ2) is 8.97. The predicted molar refractivity (Wildman–Crippen MR) is 108 cm³/mol. The van der Waals surface area contributed by atoms with Crippen LogP contribution in [0.3, 0.4) is 0 Å². The molecule has 1 heterocycles. The minimum atomic E-state index is -0.506. The van der Waals surface area contributed by atoms with Crippen molar-refractivity contribution >= 4 is 17.7 Å². The number of ether oxygens (including phenoxy) is 2. The van der Waals surface area contributed by atoms with Crippen molar-refractivity contribution in [1.82, 2.24) is 5.32 Å². The van der Waals surface area contributed by atoms with E-state index >= 15 is 0 Å². The van der Waals surface area contributed by atoms with Crippen LogP contribution in [0.5, 0.6) is 5.75 Å². The summed E-state index contributed by atoms with van der Waals surface area (Å²) in [6.07, 6.45) is 4.02. The molecule has 1 fully saturated rings. The van der Waals surface area contributed by atoms with Gasteiger partial charge in [-0.05, 0) is 25.0 Å². The van der Waals surface area contributed by atoms with Crippen LogP contribution in [0.15, 0.2) is 42.5 Å². The number of hydrogen-bond donors (Lipinski definition) is 1. The summed E-state index contributed by atoms with van der Waals surface area (Å²) in [6.45, 7) is 0.298. The lowest BCUT2D eigenvalue weighted by molar-refractivity contribution is -0.119. The number of carbonyl (C=O) groups is 1. The highest BCUT2D eigenvalue weighted by Crippen LogP contribution is 2.37. The summed E-state index contributed by atoms with van der Waals surface area (Å²) in [5, 5.41) is 3.08. The Hall–Kier alpha value is -2.05. The molecular weight excluding hydrogens is 377 g/mol. The van der Waals surface area contributed by atoms with Gasteiger partial charge in [-0.25, -0.2) is 4.39 Å². The molecule has 2 aromatic rings. The van der Waals surface area contributed by atoms with E-state index in [-0.39, 0.29) is 11.7 Å². The summed E-state index contributed by atoms with van der Waals surface area (Å²) in [6, 6.07) is 13.0. The largest absolute Gasteiger partial charge is 0.460 e. The van der Waals surface area contributed by atoms with Crippen molar-refractivity contribution in [3.63, 3.8) is 0 Å². The smallest absolute Gasteiger partial charge is 0.230 e. The number of thioether (sulfide) groups is 1. The van der Waals surface area contributed by atoms with Crippen LogP contribution in [0.2, 0.25) is 0 Å². The van der Waals surface area contributed by atoms with E-state index in [0.29, 0.717) is 35.5 Å². The molecule has 2 aliphatic rings. The fourth-order valence-corrected chi connectivity index (χ4v) is 4.56. The summed E-state index contributed by atoms with van der Waals surface area (Å²) in [7, 11) is 0. The van der Waals surface area contributed by atoms with Gasteiger partial charge < -0.3 is 14.8 Å². The Kier molecular flexibility index (Phi) is 6.17. The van der Waals surface area contributed by atoms with E-state index in [1.54, 1.807) is 0 Å². The molecule has 1 aliphatic heterocycles. The normalized spacial score (nSPS) is 19.1. The first kappa shape index (κ1) is 19.3. The molecule has 2 aromatic carbocycles. The lowest BCUT2D eigenvalue weighted by Crippen LogP contribution is -2.33. The molecule has 1 aliphatic carbocycles. The number of nitrogens with one attached hydrogen (secondary N) is 1. The molecule has 1 N–H and O–H groups in total. The zero-order valence-corrected chi connectivity index (χ0v) is 16.5. The van der Waals surface area contributed by atoms with Gasteiger partial charge >= 0.3 is 0 Å². The standard InChI is InChI=1S/C22H24FNO3S/c23-18-10-16-12-26-22(15-6-2-1-3-7-15)27-21(16)17(11-18)13-28-14-20(25)24-19-8-4-5-9-19/h1-3,6-7,10-11,19,22H,4-5,8-9,12-14H2,(H,24,25)/t22-/m1/s1. The van der Waals surface area contributed by atoms with Gasteiger partial charge in [-0.2, -0.15) is 0 Å². The Morgan fingerprint density at radius 2 is 1.96 bits per heavy atom. The second-order valence-corrected chi connectivity index (χ2v) is 8.25. The Bertz CT molecular complexity index is 824. The molecule has 148 valence electrons. The summed E-state index contributed by atoms with van der Waals surface area (Å²) >= 11 is 1.48. The van der Waals surface area contributed by atoms with E-state index in [1.165, 1.54) is 36.7 Å². The third kappa shape index (κ3) is 4.67. The molecule has 0 bridgehead atoms. The van der Waals surface area contributed by atoms with E-state index in [9.17, 15) is 9.18 Å². The van der Waals surface area contributed by atoms with E-state index in [4.69, 9.17) is 9.47 Å². The van der Waals surface area contributed by atoms with Crippen LogP contribution in [0.25, 0.3) is 0 Å². The highest BCUT2D eigenvalue weighted by atomic mass is 32.2. The van der Waals surface area contributed by atoms with E-state index < -0.39 is 6.29 Å². The summed E-state index contributed by atoms with van der Waals surface area (Å²) in [4.78, 5) is 12.1. The van der Waals surface area contributed by atoms with E-state index in [0.717, 1.165) is 24.0 Å². The van der Waals surface area contributed by atoms with Gasteiger partial charge in [0.25, 0.3) is 0 Å². The molecule has 1 saturated carbocycles. The van der Waals surface area contributed by atoms with Crippen molar-refractivity contribution in [3.8, 4) is 5.75 Å². The van der Waals surface area contributed by atoms with Crippen molar-refractivity contribution in [2.75, 3.05) is 5.75 Å². The molecule has 0 saturated heterocycles. The molecule has 1 atom stereocenters. The zero-order chi connectivity index (χ0) is 19.3. The zero-order valence-electron chi connectivity index (χ0n) is 15.7. The summed E-state index contributed by atoms with van der Waals surface area (Å²) < 4.78 is 25.9. The maximum Gasteiger partial charge on any atom is 0.230 e. The fourth-order valence-electron chi connectivity index (χ4n) is 3.75. The van der Waals surface area contributed by atoms with Gasteiger partial charge in [0, 0.05) is 28.5 Å². The third-order valence-electron chi connectivity index (χ3n) is 5.11. The number of rotatable bonds is 6. The molecule has 6 heteroatoms. The van der Waals surface area contributed by atoms with Gasteiger partial charge in [0.2, 0.25) is 12.2 Å². The van der Waals surface area contributed by atoms with Crippen molar-refractivity contribution in [2.45, 2.75) is 50.4 Å². The number of benzene rings is 2. The molecule has 0 unspecified atom stereocenters. The molecule has 28 heavy (non-hydrogen) atoms. The summed E-state index contributed by atoms with van der Waals surface area (Å²) in [5.74, 6) is 1.29. The van der Waals surface area contributed by atoms with Gasteiger partial charge in [-0.1, -0.05) is 43.2 Å². The van der Waals surface area contributed by atoms with E-state index in [2.05, 4.69) is 5.32 Å². The summed E-state index contributed by atoms with van der Waals surface area (Å²) in [5.41, 5.74) is 2.39. The van der Waals surface area contributed by atoms with Crippen LogP contribution < -0.4 is 10.1 Å². The van der Waals surface area contributed by atoms with Gasteiger partial charge in [0.05, 0.1) is 12.4 Å². The van der Waals surface area contributed by atoms with Crippen LogP contribution in [0, 0.1) is 5.82 Å². The number of amides is 1. The molecule has 4 rings (SSSR count). The molecule has 0 spiro atoms. The topological polar surface area (TPSA) is 47.6 Å². The maximum atomic E-state index is 14.0. The lowest BCUT2D eigenvalue weighted by atomic mass is 10.1. The van der Waals surface area contributed by atoms with Gasteiger partial charge in [0.1, 0.15) is 11.6 Å². The first-order valence-corrected chi connectivity index (χ1v) is 10.9. The number of carbonyl (C=O) groups excluding carboxylic acids is 1. The Balaban J connectivity index is 1.40. The molecule has 0 radical (unpaired) electrons. The predicted octanol–water partition coefficient (Wildman–Crippen LogP) is 4.73. The van der Waals surface area contributed by atoms with Crippen molar-refractivity contribution in [1.29, 1.82) is 0 Å². The maximum absolute atomic E-state index is 14.0. The van der Waals surface area contributed by atoms with E-state index in [1.807, 2.05) is 30.3 Å². The van der Waals surface area contributed by atoms with Crippen LogP contribution in [0.1, 0.15) is 48.7 Å². The number of fused-ring (bicyclic) bond motifs is 1. The molecule has 0 aromatic heterocycles. The molecule has 4 nitrogen and oxygen atoms in total. The molecular formula is C22H24FNO3S. The minimum Gasteiger partial charge on any atom is -0.460 e. The van der Waals surface area contributed by atoms with Crippen molar-refractivity contribution < 1.29 is 18.7 Å². The average molecular weight is 402 g/mol. The highest BCUT2D eigenvalue weighted by Gasteiger charge is 2.25. The van der Waals surface area contributed by atoms with Crippen molar-refractivity contribution in [2.24, 2.45) is 0 Å². The van der Waals surface area contributed by atoms with Crippen molar-refractivity contribution in [3.05, 3.63) is 65.0 Å². The third-order valence-corrected chi connectivity index (χ3v) is 6.09. The van der Waals surface area contributed by atoms with Crippen LogP contribution in [-0.2, 0) is 21.9 Å². The SMILES string of the molecule is O=C(CSCc1cc(F)cc2c1O[C@H](c1ccccc1)OC2)NC1CCCC1. The van der Waals surface area contributed by atoms with Gasteiger partial charge in [0.15, 0.2) is 0 Å². The van der Waals surface area contributed by atoms with Crippen LogP contribution in [0.4, 0.5) is 4.39 Å². The first-order chi connectivity index (χ1) is 13.7. The monoisotopic (exact) mass is 401 g/mol. The fraction of sp³-hybridized carbons (Fsp3) is 0.409. The van der Waals surface area contributed by atoms with Gasteiger partial charge in [-0.3, -0.25) is 4.79 Å². The Morgan fingerprint density at radius 1 is 1.18 bits per heavy atom. The average Bonchev–Trinajstić information content (AvgIpc) is 3.21. The lowest BCUT2D eigenvalue weighted by Gasteiger charge is -2.28. The first-order valence-electron chi connectivity index (χ1n) is 9.70. The Labute approximate surface area is 168 Å². The minimum absolute atomic E-state index is 0.0496. The Morgan fingerprint density at radius 3 is 2.75 bits per heavy atom. The number of halogens is 1. The van der Waals surface area contributed by atoms with Crippen LogP contribution in [-0.4, -0.2) is 17.7 Å². The van der Waals surface area contributed by atoms with Gasteiger partial charge in [-0.15, -0.1) is 11.8 Å². The molecule has 1 amide bonds. The number of hydrogen-bond acceptors (Lipinski definition) is 4.